The topological polar surface area (TPSA) is 82.1 Å². The van der Waals surface area contributed by atoms with E-state index in [1.807, 2.05) is 18.2 Å². The lowest BCUT2D eigenvalue weighted by atomic mass is 9.93. The van der Waals surface area contributed by atoms with Crippen molar-refractivity contribution in [2.24, 2.45) is 0 Å². The lowest BCUT2D eigenvalue weighted by molar-refractivity contribution is 0.0527. The van der Waals surface area contributed by atoms with E-state index >= 15 is 0 Å². The molecule has 0 bridgehead atoms. The van der Waals surface area contributed by atoms with E-state index in [-0.39, 0.29) is 6.61 Å². The highest BCUT2D eigenvalue weighted by Gasteiger charge is 2.24. The van der Waals surface area contributed by atoms with Gasteiger partial charge in [-0.2, -0.15) is 0 Å². The molecule has 7 heteroatoms. The zero-order valence-electron chi connectivity index (χ0n) is 19.2. The predicted octanol–water partition coefficient (Wildman–Crippen LogP) is 5.25. The third-order valence-corrected chi connectivity index (χ3v) is 6.24. The third kappa shape index (κ3) is 4.19. The first-order valence-corrected chi connectivity index (χ1v) is 11.8. The monoisotopic (exact) mass is 461 g/mol. The number of carbonyl (C=O) groups is 1. The second-order valence-corrected chi connectivity index (χ2v) is 8.38. The molecule has 1 aliphatic rings. The van der Waals surface area contributed by atoms with Gasteiger partial charge in [0.05, 0.1) is 18.4 Å². The average molecular weight is 462 g/mol. The molecule has 4 aromatic rings. The Morgan fingerprint density at radius 3 is 2.62 bits per heavy atom. The van der Waals surface area contributed by atoms with E-state index in [0.29, 0.717) is 40.0 Å². The molecule has 0 atom stereocenters. The highest BCUT2D eigenvalue weighted by atomic mass is 16.5. The summed E-state index contributed by atoms with van der Waals surface area (Å²) in [6.45, 7) is 5.41. The first kappa shape index (κ1) is 22.2. The van der Waals surface area contributed by atoms with E-state index < -0.39 is 11.6 Å². The molecule has 5 rings (SSSR count). The second-order valence-electron chi connectivity index (χ2n) is 8.38. The van der Waals surface area contributed by atoms with Gasteiger partial charge in [0.1, 0.15) is 6.61 Å². The highest BCUT2D eigenvalue weighted by molar-refractivity contribution is 6.16. The normalized spacial score (nSPS) is 14.5. The van der Waals surface area contributed by atoms with Gasteiger partial charge in [0.2, 0.25) is 5.75 Å². The van der Waals surface area contributed by atoms with E-state index in [1.165, 1.54) is 25.3 Å². The molecule has 34 heavy (non-hydrogen) atoms. The molecular formula is C27H27NO6. The van der Waals surface area contributed by atoms with Gasteiger partial charge in [-0.05, 0) is 56.6 Å². The van der Waals surface area contributed by atoms with Gasteiger partial charge in [0.15, 0.2) is 11.2 Å². The van der Waals surface area contributed by atoms with Crippen molar-refractivity contribution in [1.82, 2.24) is 4.90 Å². The Morgan fingerprint density at radius 1 is 1.00 bits per heavy atom. The van der Waals surface area contributed by atoms with Gasteiger partial charge >= 0.3 is 11.6 Å². The van der Waals surface area contributed by atoms with E-state index in [9.17, 15) is 9.59 Å². The lowest BCUT2D eigenvalue weighted by Crippen LogP contribution is -2.33. The summed E-state index contributed by atoms with van der Waals surface area (Å²) in [5.74, 6) is -0.00999. The molecular weight excluding hydrogens is 434 g/mol. The quantitative estimate of drug-likeness (QED) is 0.275. The van der Waals surface area contributed by atoms with Gasteiger partial charge in [0.25, 0.3) is 0 Å². The molecule has 0 unspecified atom stereocenters. The van der Waals surface area contributed by atoms with Crippen LogP contribution in [0.1, 0.15) is 36.5 Å². The number of benzene rings is 2. The Kier molecular flexibility index (Phi) is 6.36. The molecule has 0 saturated carbocycles. The van der Waals surface area contributed by atoms with E-state index in [4.69, 9.17) is 18.3 Å². The largest absolute Gasteiger partial charge is 0.485 e. The number of furan rings is 1. The molecule has 1 aliphatic heterocycles. The molecule has 0 amide bonds. The minimum absolute atomic E-state index is 0.272. The number of hydrogen-bond acceptors (Lipinski definition) is 7. The van der Waals surface area contributed by atoms with Crippen LogP contribution in [-0.2, 0) is 4.74 Å². The molecule has 1 saturated heterocycles. The van der Waals surface area contributed by atoms with Crippen molar-refractivity contribution in [1.29, 1.82) is 0 Å². The maximum absolute atomic E-state index is 12.7. The fourth-order valence-electron chi connectivity index (χ4n) is 4.68. The number of carbonyl (C=O) groups excluding carboxylic acids is 1. The van der Waals surface area contributed by atoms with Crippen LogP contribution in [0, 0.1) is 0 Å². The number of esters is 1. The van der Waals surface area contributed by atoms with Crippen LogP contribution in [0.4, 0.5) is 0 Å². The summed E-state index contributed by atoms with van der Waals surface area (Å²) in [7, 11) is 0. The number of fused-ring (bicyclic) bond motifs is 2. The van der Waals surface area contributed by atoms with Crippen LogP contribution in [0.15, 0.2) is 62.4 Å². The van der Waals surface area contributed by atoms with Crippen LogP contribution >= 0.6 is 0 Å². The van der Waals surface area contributed by atoms with Crippen LogP contribution in [0.3, 0.4) is 0 Å². The SMILES string of the molecule is CCOC(=O)c1ccccc1-c1c2ccoc2c(OCCN2CCCCC2)c2oc(=O)ccc12. The van der Waals surface area contributed by atoms with Gasteiger partial charge in [-0.3, -0.25) is 4.90 Å². The predicted molar refractivity (Wildman–Crippen MR) is 129 cm³/mol. The molecule has 2 aromatic carbocycles. The number of piperidine rings is 1. The van der Waals surface area contributed by atoms with Crippen LogP contribution in [0.2, 0.25) is 0 Å². The standard InChI is InChI=1S/C27H27NO6/c1-2-31-27(30)19-9-5-4-8-18(19)23-20-10-11-22(29)34-25(20)26(24-21(23)12-16-32-24)33-17-15-28-13-6-3-7-14-28/h4-5,8-12,16H,2-3,6-7,13-15,17H2,1H3. The molecule has 0 N–H and O–H groups in total. The summed E-state index contributed by atoms with van der Waals surface area (Å²) < 4.78 is 23.0. The fourth-order valence-corrected chi connectivity index (χ4v) is 4.68. The fraction of sp³-hybridized carbons (Fsp3) is 0.333. The van der Waals surface area contributed by atoms with E-state index in [2.05, 4.69) is 4.90 Å². The second kappa shape index (κ2) is 9.73. The van der Waals surface area contributed by atoms with Crippen LogP contribution in [0.5, 0.6) is 5.75 Å². The number of rotatable bonds is 7. The molecule has 176 valence electrons. The summed E-state index contributed by atoms with van der Waals surface area (Å²) in [4.78, 5) is 27.3. The van der Waals surface area contributed by atoms with Crippen molar-refractivity contribution < 1.29 is 23.1 Å². The molecule has 3 heterocycles. The van der Waals surface area contributed by atoms with Gasteiger partial charge in [0, 0.05) is 28.9 Å². The Balaban J connectivity index is 1.64. The Morgan fingerprint density at radius 2 is 1.79 bits per heavy atom. The van der Waals surface area contributed by atoms with Crippen molar-refractivity contribution in [3.05, 3.63) is 64.7 Å². The molecule has 7 nitrogen and oxygen atoms in total. The van der Waals surface area contributed by atoms with Crippen molar-refractivity contribution in [3.63, 3.8) is 0 Å². The van der Waals surface area contributed by atoms with Crippen molar-refractivity contribution in [2.45, 2.75) is 26.2 Å². The molecule has 0 radical (unpaired) electrons. The van der Waals surface area contributed by atoms with Gasteiger partial charge in [-0.1, -0.05) is 24.6 Å². The third-order valence-electron chi connectivity index (χ3n) is 6.24. The smallest absolute Gasteiger partial charge is 0.338 e. The summed E-state index contributed by atoms with van der Waals surface area (Å²) in [6, 6.07) is 12.2. The lowest BCUT2D eigenvalue weighted by Gasteiger charge is -2.26. The Hall–Kier alpha value is -3.58. The minimum Gasteiger partial charge on any atom is -0.485 e. The maximum Gasteiger partial charge on any atom is 0.338 e. The minimum atomic E-state index is -0.482. The summed E-state index contributed by atoms with van der Waals surface area (Å²) >= 11 is 0. The Bertz CT molecular complexity index is 1380. The van der Waals surface area contributed by atoms with Gasteiger partial charge < -0.3 is 18.3 Å². The number of nitrogens with zero attached hydrogens (tertiary/aromatic N) is 1. The molecule has 0 spiro atoms. The van der Waals surface area contributed by atoms with Crippen LogP contribution in [0.25, 0.3) is 33.1 Å². The maximum atomic E-state index is 12.7. The Labute approximate surface area is 196 Å². The molecule has 2 aromatic heterocycles. The van der Waals surface area contributed by atoms with Gasteiger partial charge in [-0.25, -0.2) is 9.59 Å². The number of hydrogen-bond donors (Lipinski definition) is 0. The van der Waals surface area contributed by atoms with E-state index in [1.54, 1.807) is 31.4 Å². The summed E-state index contributed by atoms with van der Waals surface area (Å²) in [6.07, 6.45) is 5.26. The van der Waals surface area contributed by atoms with Crippen LogP contribution < -0.4 is 10.4 Å². The zero-order chi connectivity index (χ0) is 23.5. The van der Waals surface area contributed by atoms with Crippen molar-refractivity contribution in [2.75, 3.05) is 32.8 Å². The van der Waals surface area contributed by atoms with Crippen molar-refractivity contribution >= 4 is 27.9 Å². The zero-order valence-corrected chi connectivity index (χ0v) is 19.2. The number of likely N-dealkylation sites (tertiary alicyclic amines) is 1. The first-order chi connectivity index (χ1) is 16.7. The van der Waals surface area contributed by atoms with Crippen LogP contribution in [-0.4, -0.2) is 43.7 Å². The first-order valence-electron chi connectivity index (χ1n) is 11.8. The van der Waals surface area contributed by atoms with E-state index in [0.717, 1.165) is 30.6 Å². The average Bonchev–Trinajstić information content (AvgIpc) is 3.34. The molecule has 1 fully saturated rings. The highest BCUT2D eigenvalue weighted by Crippen LogP contribution is 2.44. The molecule has 0 aliphatic carbocycles. The number of ether oxygens (including phenoxy) is 2. The summed E-state index contributed by atoms with van der Waals surface area (Å²) in [5.41, 5.74) is 2.14. The van der Waals surface area contributed by atoms with Gasteiger partial charge in [-0.15, -0.1) is 0 Å². The van der Waals surface area contributed by atoms with Crippen molar-refractivity contribution in [3.8, 4) is 16.9 Å². The summed E-state index contributed by atoms with van der Waals surface area (Å²) in [5, 5.41) is 1.43.